The van der Waals surface area contributed by atoms with Crippen LogP contribution in [0, 0.1) is 10.1 Å². The van der Waals surface area contributed by atoms with Crippen molar-refractivity contribution in [2.24, 2.45) is 0 Å². The number of nitro groups is 1. The molecule has 2 aromatic rings. The molecule has 1 aliphatic heterocycles. The Labute approximate surface area is 136 Å². The summed E-state index contributed by atoms with van der Waals surface area (Å²) in [5.74, 6) is 1.28. The maximum Gasteiger partial charge on any atom is 0.326 e. The van der Waals surface area contributed by atoms with Crippen molar-refractivity contribution in [3.05, 3.63) is 45.5 Å². The molecule has 1 aliphatic rings. The molecule has 1 N–H and O–H groups in total. The number of anilines is 1. The van der Waals surface area contributed by atoms with E-state index in [4.69, 9.17) is 9.47 Å². The summed E-state index contributed by atoms with van der Waals surface area (Å²) in [7, 11) is 3.13. The van der Waals surface area contributed by atoms with Crippen molar-refractivity contribution in [2.45, 2.75) is 12.6 Å². The van der Waals surface area contributed by atoms with Crippen LogP contribution in [0.4, 0.5) is 10.0 Å². The van der Waals surface area contributed by atoms with E-state index in [2.05, 4.69) is 0 Å². The lowest BCUT2D eigenvalue weighted by Gasteiger charge is -2.34. The molecule has 122 valence electrons. The number of rotatable bonds is 4. The zero-order valence-electron chi connectivity index (χ0n) is 12.7. The Morgan fingerprint density at radius 3 is 2.57 bits per heavy atom. The molecular formula is C15H16N2O5S. The fourth-order valence-corrected chi connectivity index (χ4v) is 3.66. The van der Waals surface area contributed by atoms with Crippen molar-refractivity contribution in [3.8, 4) is 11.5 Å². The monoisotopic (exact) mass is 336 g/mol. The number of aliphatic hydroxyl groups is 1. The van der Waals surface area contributed by atoms with Gasteiger partial charge in [-0.1, -0.05) is 0 Å². The van der Waals surface area contributed by atoms with Gasteiger partial charge < -0.3 is 19.5 Å². The van der Waals surface area contributed by atoms with Gasteiger partial charge in [-0.15, -0.1) is 0 Å². The number of hydrogen-bond acceptors (Lipinski definition) is 7. The molecule has 0 amide bonds. The normalized spacial score (nSPS) is 16.8. The Hall–Kier alpha value is -2.32. The van der Waals surface area contributed by atoms with Gasteiger partial charge in [-0.05, 0) is 29.5 Å². The highest BCUT2D eigenvalue weighted by Gasteiger charge is 2.30. The molecule has 0 saturated carbocycles. The van der Waals surface area contributed by atoms with Crippen molar-refractivity contribution < 1.29 is 19.5 Å². The topological polar surface area (TPSA) is 85.1 Å². The molecule has 7 nitrogen and oxygen atoms in total. The fraction of sp³-hybridized carbons (Fsp3) is 0.333. The number of ether oxygens (including phenoxy) is 2. The van der Waals surface area contributed by atoms with E-state index in [9.17, 15) is 15.2 Å². The van der Waals surface area contributed by atoms with Gasteiger partial charge in [0.25, 0.3) is 0 Å². The van der Waals surface area contributed by atoms with Crippen LogP contribution in [0.5, 0.6) is 11.5 Å². The predicted molar refractivity (Wildman–Crippen MR) is 86.5 cm³/mol. The van der Waals surface area contributed by atoms with Crippen molar-refractivity contribution in [2.75, 3.05) is 25.7 Å². The zero-order valence-corrected chi connectivity index (χ0v) is 13.5. The number of methoxy groups -OCH3 is 2. The predicted octanol–water partition coefficient (Wildman–Crippen LogP) is 2.73. The van der Waals surface area contributed by atoms with E-state index in [0.717, 1.165) is 21.9 Å². The molecule has 1 atom stereocenters. The number of β-amino-alcohol motifs (C(OH)–C–C–N with tert-alkyl or cyclic N) is 1. The second kappa shape index (κ2) is 6.05. The van der Waals surface area contributed by atoms with Gasteiger partial charge in [-0.2, -0.15) is 0 Å². The third kappa shape index (κ3) is 2.71. The summed E-state index contributed by atoms with van der Waals surface area (Å²) in [5, 5.41) is 22.2. The van der Waals surface area contributed by atoms with E-state index in [1.807, 2.05) is 4.90 Å². The molecule has 0 radical (unpaired) electrons. The Kier molecular flexibility index (Phi) is 4.10. The lowest BCUT2D eigenvalue weighted by Crippen LogP contribution is -2.33. The highest BCUT2D eigenvalue weighted by Crippen LogP contribution is 2.42. The Balaban J connectivity index is 2.00. The van der Waals surface area contributed by atoms with Crippen LogP contribution in [-0.4, -0.2) is 30.8 Å². The molecular weight excluding hydrogens is 320 g/mol. The number of hydrogen-bond donors (Lipinski definition) is 1. The maximum absolute atomic E-state index is 10.9. The third-order valence-electron chi connectivity index (χ3n) is 3.86. The largest absolute Gasteiger partial charge is 0.496 e. The van der Waals surface area contributed by atoms with Gasteiger partial charge in [-0.3, -0.25) is 10.1 Å². The Morgan fingerprint density at radius 2 is 1.96 bits per heavy atom. The molecule has 0 spiro atoms. The summed E-state index contributed by atoms with van der Waals surface area (Å²) < 4.78 is 10.7. The number of fused-ring (bicyclic) bond motifs is 1. The smallest absolute Gasteiger partial charge is 0.326 e. The molecule has 23 heavy (non-hydrogen) atoms. The van der Waals surface area contributed by atoms with Gasteiger partial charge >= 0.3 is 5.00 Å². The summed E-state index contributed by atoms with van der Waals surface area (Å²) in [5.41, 5.74) is 1.55. The van der Waals surface area contributed by atoms with Gasteiger partial charge in [0.15, 0.2) is 0 Å². The quantitative estimate of drug-likeness (QED) is 0.682. The molecule has 0 unspecified atom stereocenters. The van der Waals surface area contributed by atoms with E-state index < -0.39 is 11.0 Å². The van der Waals surface area contributed by atoms with E-state index in [-0.39, 0.29) is 5.00 Å². The number of thiophene rings is 1. The SMILES string of the molecule is COc1ccc(OC)c2c1CN(c1ccc([N+](=O)[O-])s1)C[C@H]2O. The molecule has 1 aromatic carbocycles. The lowest BCUT2D eigenvalue weighted by molar-refractivity contribution is -0.380. The Morgan fingerprint density at radius 1 is 1.26 bits per heavy atom. The van der Waals surface area contributed by atoms with E-state index in [0.29, 0.717) is 30.2 Å². The van der Waals surface area contributed by atoms with Gasteiger partial charge in [0, 0.05) is 30.3 Å². The minimum absolute atomic E-state index is 0.0814. The molecule has 0 saturated heterocycles. The van der Waals surface area contributed by atoms with Gasteiger partial charge in [0.05, 0.1) is 24.1 Å². The minimum Gasteiger partial charge on any atom is -0.496 e. The van der Waals surface area contributed by atoms with Crippen LogP contribution >= 0.6 is 11.3 Å². The highest BCUT2D eigenvalue weighted by atomic mass is 32.1. The first-order chi connectivity index (χ1) is 11.0. The van der Waals surface area contributed by atoms with Gasteiger partial charge in [-0.25, -0.2) is 0 Å². The van der Waals surface area contributed by atoms with Crippen molar-refractivity contribution in [1.82, 2.24) is 0 Å². The van der Waals surface area contributed by atoms with Crippen LogP contribution in [0.2, 0.25) is 0 Å². The van der Waals surface area contributed by atoms with E-state index in [1.165, 1.54) is 6.07 Å². The zero-order chi connectivity index (χ0) is 16.6. The third-order valence-corrected chi connectivity index (χ3v) is 4.96. The first-order valence-corrected chi connectivity index (χ1v) is 7.77. The van der Waals surface area contributed by atoms with Crippen molar-refractivity contribution >= 4 is 21.3 Å². The van der Waals surface area contributed by atoms with Crippen LogP contribution in [-0.2, 0) is 6.54 Å². The molecule has 3 rings (SSSR count). The Bertz CT molecular complexity index is 745. The minimum atomic E-state index is -0.759. The summed E-state index contributed by atoms with van der Waals surface area (Å²) >= 11 is 1.09. The lowest BCUT2D eigenvalue weighted by atomic mass is 9.95. The average molecular weight is 336 g/mol. The second-order valence-electron chi connectivity index (χ2n) is 5.13. The van der Waals surface area contributed by atoms with E-state index >= 15 is 0 Å². The first-order valence-electron chi connectivity index (χ1n) is 6.96. The number of nitrogens with zero attached hydrogens (tertiary/aromatic N) is 2. The average Bonchev–Trinajstić information content (AvgIpc) is 3.04. The number of benzene rings is 1. The van der Waals surface area contributed by atoms with Crippen LogP contribution in [0.1, 0.15) is 17.2 Å². The standard InChI is InChI=1S/C15H16N2O5S/c1-21-11-3-4-12(22-2)15-9(11)7-16(8-10(15)18)13-5-6-14(23-13)17(19)20/h3-6,10,18H,7-8H2,1-2H3/t10-/m1/s1. The highest BCUT2D eigenvalue weighted by molar-refractivity contribution is 7.19. The second-order valence-corrected chi connectivity index (χ2v) is 6.17. The van der Waals surface area contributed by atoms with Gasteiger partial charge in [0.1, 0.15) is 17.6 Å². The maximum atomic E-state index is 10.9. The van der Waals surface area contributed by atoms with Crippen molar-refractivity contribution in [3.63, 3.8) is 0 Å². The molecule has 0 bridgehead atoms. The molecule has 0 aliphatic carbocycles. The molecule has 0 fully saturated rings. The summed E-state index contributed by atoms with van der Waals surface area (Å²) in [6, 6.07) is 6.75. The summed E-state index contributed by atoms with van der Waals surface area (Å²) in [6.07, 6.45) is -0.759. The van der Waals surface area contributed by atoms with Crippen LogP contribution in [0.25, 0.3) is 0 Å². The fourth-order valence-electron chi connectivity index (χ4n) is 2.83. The van der Waals surface area contributed by atoms with Crippen LogP contribution in [0.3, 0.4) is 0 Å². The molecule has 8 heteroatoms. The van der Waals surface area contributed by atoms with Crippen LogP contribution < -0.4 is 14.4 Å². The summed E-state index contributed by atoms with van der Waals surface area (Å²) in [4.78, 5) is 12.4. The summed E-state index contributed by atoms with van der Waals surface area (Å²) in [6.45, 7) is 0.832. The van der Waals surface area contributed by atoms with E-state index in [1.54, 1.807) is 32.4 Å². The first kappa shape index (κ1) is 15.6. The van der Waals surface area contributed by atoms with Crippen molar-refractivity contribution in [1.29, 1.82) is 0 Å². The molecule has 1 aromatic heterocycles. The number of aliphatic hydroxyl groups excluding tert-OH is 1. The van der Waals surface area contributed by atoms with Crippen LogP contribution in [0.15, 0.2) is 24.3 Å². The molecule has 2 heterocycles. The van der Waals surface area contributed by atoms with Gasteiger partial charge in [0.2, 0.25) is 0 Å².